The van der Waals surface area contributed by atoms with E-state index in [0.29, 0.717) is 13.2 Å². The van der Waals surface area contributed by atoms with Crippen molar-refractivity contribution in [2.45, 2.75) is 32.9 Å². The van der Waals surface area contributed by atoms with E-state index in [4.69, 9.17) is 4.74 Å². The first-order valence-corrected chi connectivity index (χ1v) is 8.92. The van der Waals surface area contributed by atoms with Crippen molar-refractivity contribution in [1.82, 2.24) is 15.6 Å². The number of aromatic nitrogens is 1. The molecular formula is C20H29IN4O. The average molecular weight is 468 g/mol. The van der Waals surface area contributed by atoms with Gasteiger partial charge in [0.15, 0.2) is 5.96 Å². The van der Waals surface area contributed by atoms with Gasteiger partial charge in [0.2, 0.25) is 0 Å². The minimum atomic E-state index is 0. The van der Waals surface area contributed by atoms with Gasteiger partial charge in [-0.2, -0.15) is 0 Å². The van der Waals surface area contributed by atoms with E-state index in [1.807, 2.05) is 36.4 Å². The molecule has 0 fully saturated rings. The van der Waals surface area contributed by atoms with E-state index in [1.165, 1.54) is 5.56 Å². The molecule has 1 heterocycles. The van der Waals surface area contributed by atoms with Crippen molar-refractivity contribution in [1.29, 1.82) is 0 Å². The van der Waals surface area contributed by atoms with E-state index in [1.54, 1.807) is 6.20 Å². The maximum atomic E-state index is 5.70. The fourth-order valence-corrected chi connectivity index (χ4v) is 2.29. The lowest BCUT2D eigenvalue weighted by molar-refractivity contribution is 0.117. The normalized spacial score (nSPS) is 10.9. The third kappa shape index (κ3) is 9.72. The Balaban J connectivity index is 0.00000338. The number of unbranched alkanes of at least 4 members (excludes halogenated alkanes) is 1. The monoisotopic (exact) mass is 468 g/mol. The molecule has 0 bridgehead atoms. The van der Waals surface area contributed by atoms with Crippen molar-refractivity contribution in [2.24, 2.45) is 4.99 Å². The molecule has 0 aliphatic rings. The minimum Gasteiger partial charge on any atom is -0.377 e. The van der Waals surface area contributed by atoms with Crippen LogP contribution in [0.1, 0.15) is 31.0 Å². The van der Waals surface area contributed by atoms with E-state index in [-0.39, 0.29) is 24.0 Å². The number of ether oxygens (including phenoxy) is 1. The fraction of sp³-hybridized carbons (Fsp3) is 0.400. The van der Waals surface area contributed by atoms with Crippen LogP contribution >= 0.6 is 24.0 Å². The Hall–Kier alpha value is -1.67. The molecule has 26 heavy (non-hydrogen) atoms. The van der Waals surface area contributed by atoms with E-state index >= 15 is 0 Å². The van der Waals surface area contributed by atoms with Crippen LogP contribution in [0, 0.1) is 0 Å². The van der Waals surface area contributed by atoms with Gasteiger partial charge in [-0.15, -0.1) is 24.0 Å². The molecule has 1 aromatic heterocycles. The van der Waals surface area contributed by atoms with Gasteiger partial charge in [0.1, 0.15) is 0 Å². The van der Waals surface area contributed by atoms with Crippen molar-refractivity contribution in [3.63, 3.8) is 0 Å². The first-order valence-electron chi connectivity index (χ1n) is 8.92. The number of guanidine groups is 1. The minimum absolute atomic E-state index is 0. The van der Waals surface area contributed by atoms with Crippen molar-refractivity contribution >= 4 is 29.9 Å². The highest BCUT2D eigenvalue weighted by Crippen LogP contribution is 2.01. The van der Waals surface area contributed by atoms with Crippen LogP contribution in [0.5, 0.6) is 0 Å². The van der Waals surface area contributed by atoms with Crippen LogP contribution in [-0.4, -0.2) is 30.6 Å². The Morgan fingerprint density at radius 2 is 1.85 bits per heavy atom. The summed E-state index contributed by atoms with van der Waals surface area (Å²) >= 11 is 0. The first-order chi connectivity index (χ1) is 12.4. The highest BCUT2D eigenvalue weighted by atomic mass is 127. The average Bonchev–Trinajstić information content (AvgIpc) is 2.67. The number of nitrogens with zero attached hydrogens (tertiary/aromatic N) is 2. The predicted octanol–water partition coefficient (Wildman–Crippen LogP) is 3.75. The van der Waals surface area contributed by atoms with Gasteiger partial charge in [0, 0.05) is 25.9 Å². The second-order valence-corrected chi connectivity index (χ2v) is 5.69. The summed E-state index contributed by atoms with van der Waals surface area (Å²) in [6.45, 7) is 5.82. The second-order valence-electron chi connectivity index (χ2n) is 5.69. The summed E-state index contributed by atoms with van der Waals surface area (Å²) in [5.41, 5.74) is 2.19. The first kappa shape index (κ1) is 22.4. The topological polar surface area (TPSA) is 58.5 Å². The molecule has 0 aliphatic carbocycles. The second kappa shape index (κ2) is 14.5. The van der Waals surface area contributed by atoms with Crippen LogP contribution in [-0.2, 0) is 17.9 Å². The predicted molar refractivity (Wildman–Crippen MR) is 118 cm³/mol. The third-order valence-electron chi connectivity index (χ3n) is 3.59. The summed E-state index contributed by atoms with van der Waals surface area (Å²) in [6, 6.07) is 16.1. The van der Waals surface area contributed by atoms with Gasteiger partial charge >= 0.3 is 0 Å². The van der Waals surface area contributed by atoms with Crippen molar-refractivity contribution < 1.29 is 4.74 Å². The maximum absolute atomic E-state index is 5.70. The Morgan fingerprint density at radius 3 is 2.58 bits per heavy atom. The van der Waals surface area contributed by atoms with Crippen LogP contribution < -0.4 is 10.6 Å². The molecule has 5 nitrogen and oxygen atoms in total. The van der Waals surface area contributed by atoms with E-state index in [9.17, 15) is 0 Å². The molecule has 2 aromatic rings. The molecule has 0 saturated carbocycles. The molecule has 0 spiro atoms. The van der Waals surface area contributed by atoms with Crippen molar-refractivity contribution in [3.05, 3.63) is 66.0 Å². The number of aliphatic imine (C=N–C) groups is 1. The fourth-order valence-electron chi connectivity index (χ4n) is 2.29. The number of benzene rings is 1. The molecule has 0 aliphatic heterocycles. The Labute approximate surface area is 173 Å². The number of nitrogens with one attached hydrogen (secondary N) is 2. The molecule has 0 unspecified atom stereocenters. The molecule has 142 valence electrons. The highest BCUT2D eigenvalue weighted by molar-refractivity contribution is 14.0. The van der Waals surface area contributed by atoms with E-state index in [0.717, 1.165) is 44.2 Å². The zero-order valence-corrected chi connectivity index (χ0v) is 17.7. The Kier molecular flexibility index (Phi) is 12.5. The molecule has 0 atom stereocenters. The van der Waals surface area contributed by atoms with Gasteiger partial charge in [-0.25, -0.2) is 4.99 Å². The number of halogens is 1. The quantitative estimate of drug-likeness (QED) is 0.241. The summed E-state index contributed by atoms with van der Waals surface area (Å²) < 4.78 is 5.70. The van der Waals surface area contributed by atoms with Crippen LogP contribution in [0.15, 0.2) is 59.7 Å². The summed E-state index contributed by atoms with van der Waals surface area (Å²) in [7, 11) is 0. The van der Waals surface area contributed by atoms with Crippen LogP contribution in [0.2, 0.25) is 0 Å². The third-order valence-corrected chi connectivity index (χ3v) is 3.59. The zero-order chi connectivity index (χ0) is 17.6. The maximum Gasteiger partial charge on any atom is 0.191 e. The van der Waals surface area contributed by atoms with Gasteiger partial charge in [-0.05, 0) is 37.5 Å². The summed E-state index contributed by atoms with van der Waals surface area (Å²) in [5.74, 6) is 0.832. The molecule has 2 N–H and O–H groups in total. The molecule has 6 heteroatoms. The molecule has 0 radical (unpaired) electrons. The summed E-state index contributed by atoms with van der Waals surface area (Å²) in [6.07, 6.45) is 3.86. The SMILES string of the molecule is CCNC(=NCc1ccccn1)NCCCCOCc1ccccc1.I. The van der Waals surface area contributed by atoms with Gasteiger partial charge in [0.25, 0.3) is 0 Å². The van der Waals surface area contributed by atoms with Gasteiger partial charge in [0.05, 0.1) is 18.8 Å². The Bertz CT molecular complexity index is 608. The van der Waals surface area contributed by atoms with Crippen molar-refractivity contribution in [2.75, 3.05) is 19.7 Å². The van der Waals surface area contributed by atoms with Crippen LogP contribution in [0.4, 0.5) is 0 Å². The lowest BCUT2D eigenvalue weighted by atomic mass is 10.2. The largest absolute Gasteiger partial charge is 0.377 e. The summed E-state index contributed by atoms with van der Waals surface area (Å²) in [5, 5.41) is 6.61. The van der Waals surface area contributed by atoms with Gasteiger partial charge < -0.3 is 15.4 Å². The van der Waals surface area contributed by atoms with E-state index < -0.39 is 0 Å². The van der Waals surface area contributed by atoms with Crippen LogP contribution in [0.3, 0.4) is 0 Å². The van der Waals surface area contributed by atoms with E-state index in [2.05, 4.69) is 39.7 Å². The van der Waals surface area contributed by atoms with Crippen LogP contribution in [0.25, 0.3) is 0 Å². The standard InChI is InChI=1S/C20H28N4O.HI/c1-2-21-20(24-16-19-12-6-7-13-22-19)23-14-8-9-15-25-17-18-10-4-3-5-11-18;/h3-7,10-13H,2,8-9,14-17H2,1H3,(H2,21,23,24);1H. The molecule has 0 saturated heterocycles. The highest BCUT2D eigenvalue weighted by Gasteiger charge is 1.98. The number of pyridine rings is 1. The number of rotatable bonds is 10. The smallest absolute Gasteiger partial charge is 0.191 e. The van der Waals surface area contributed by atoms with Crippen molar-refractivity contribution in [3.8, 4) is 0 Å². The summed E-state index contributed by atoms with van der Waals surface area (Å²) in [4.78, 5) is 8.84. The lowest BCUT2D eigenvalue weighted by Crippen LogP contribution is -2.37. The van der Waals surface area contributed by atoms with Gasteiger partial charge in [-0.1, -0.05) is 36.4 Å². The number of hydrogen-bond acceptors (Lipinski definition) is 3. The molecule has 2 rings (SSSR count). The molecular weight excluding hydrogens is 439 g/mol. The zero-order valence-electron chi connectivity index (χ0n) is 15.4. The number of hydrogen-bond donors (Lipinski definition) is 2. The lowest BCUT2D eigenvalue weighted by Gasteiger charge is -2.11. The van der Waals surface area contributed by atoms with Gasteiger partial charge in [-0.3, -0.25) is 4.98 Å². The molecule has 1 aromatic carbocycles. The Morgan fingerprint density at radius 1 is 1.04 bits per heavy atom. The molecule has 0 amide bonds.